The number of ketones is 2. The van der Waals surface area contributed by atoms with Crippen molar-refractivity contribution >= 4 is 29.5 Å². The summed E-state index contributed by atoms with van der Waals surface area (Å²) >= 11 is 0. The molecule has 0 unspecified atom stereocenters. The molecule has 0 radical (unpaired) electrons. The maximum absolute atomic E-state index is 14.0. The number of hydrogen-bond acceptors (Lipinski definition) is 8. The zero-order chi connectivity index (χ0) is 25.5. The summed E-state index contributed by atoms with van der Waals surface area (Å²) < 4.78 is 17.0. The first-order valence-electron chi connectivity index (χ1n) is 12.6. The Bertz CT molecular complexity index is 1060. The minimum Gasteiger partial charge on any atom is -0.465 e. The number of esters is 3. The van der Waals surface area contributed by atoms with Crippen LogP contribution in [0.5, 0.6) is 0 Å². The Morgan fingerprint density at radius 3 is 2.43 bits per heavy atom. The van der Waals surface area contributed by atoms with E-state index in [-0.39, 0.29) is 49.3 Å². The van der Waals surface area contributed by atoms with E-state index < -0.39 is 58.1 Å². The molecule has 0 aromatic carbocycles. The number of carbonyl (C=O) groups is 5. The first-order chi connectivity index (χ1) is 16.3. The second kappa shape index (κ2) is 7.74. The Morgan fingerprint density at radius 2 is 1.80 bits per heavy atom. The van der Waals surface area contributed by atoms with Gasteiger partial charge in [0.05, 0.1) is 12.3 Å². The van der Waals surface area contributed by atoms with Crippen LogP contribution >= 0.6 is 0 Å². The molecule has 4 fully saturated rings. The van der Waals surface area contributed by atoms with Gasteiger partial charge >= 0.3 is 17.9 Å². The fourth-order valence-corrected chi connectivity index (χ4v) is 8.75. The molecule has 3 aliphatic carbocycles. The molecule has 35 heavy (non-hydrogen) atoms. The average molecular weight is 487 g/mol. The third kappa shape index (κ3) is 3.20. The Kier molecular flexibility index (Phi) is 5.35. The van der Waals surface area contributed by atoms with Gasteiger partial charge in [0, 0.05) is 41.9 Å². The van der Waals surface area contributed by atoms with Gasteiger partial charge in [-0.15, -0.1) is 0 Å². The van der Waals surface area contributed by atoms with Gasteiger partial charge in [-0.05, 0) is 31.6 Å². The Labute approximate surface area is 205 Å². The third-order valence-electron chi connectivity index (χ3n) is 10.2. The molecular formula is C27H34O8. The Balaban J connectivity index is 1.68. The molecule has 9 atom stereocenters. The molecule has 5 rings (SSSR count). The van der Waals surface area contributed by atoms with Gasteiger partial charge in [-0.3, -0.25) is 24.0 Å². The zero-order valence-corrected chi connectivity index (χ0v) is 21.1. The maximum atomic E-state index is 14.0. The number of ether oxygens (including phenoxy) is 3. The molecule has 2 saturated heterocycles. The number of cyclic esters (lactones) is 1. The second-order valence-electron chi connectivity index (χ2n) is 11.9. The van der Waals surface area contributed by atoms with Gasteiger partial charge in [0.1, 0.15) is 30.4 Å². The molecule has 0 bridgehead atoms. The van der Waals surface area contributed by atoms with E-state index in [2.05, 4.69) is 0 Å². The predicted molar refractivity (Wildman–Crippen MR) is 122 cm³/mol. The molecule has 2 heterocycles. The highest BCUT2D eigenvalue weighted by atomic mass is 16.6. The molecule has 0 aromatic rings. The van der Waals surface area contributed by atoms with Crippen LogP contribution in [0.4, 0.5) is 0 Å². The van der Waals surface area contributed by atoms with Crippen LogP contribution in [0.25, 0.3) is 0 Å². The van der Waals surface area contributed by atoms with Crippen molar-refractivity contribution in [3.8, 4) is 0 Å². The van der Waals surface area contributed by atoms with Crippen molar-refractivity contribution in [3.63, 3.8) is 0 Å². The third-order valence-corrected chi connectivity index (χ3v) is 10.2. The first-order valence-corrected chi connectivity index (χ1v) is 12.6. The van der Waals surface area contributed by atoms with E-state index in [9.17, 15) is 24.0 Å². The predicted octanol–water partition coefficient (Wildman–Crippen LogP) is 2.96. The highest BCUT2D eigenvalue weighted by Gasteiger charge is 2.74. The summed E-state index contributed by atoms with van der Waals surface area (Å²) in [6.45, 7) is 9.19. The summed E-state index contributed by atoms with van der Waals surface area (Å²) in [6.07, 6.45) is 1.78. The van der Waals surface area contributed by atoms with Crippen LogP contribution in [0.3, 0.4) is 0 Å². The maximum Gasteiger partial charge on any atom is 0.306 e. The normalized spacial score (nSPS) is 46.5. The molecule has 2 aliphatic heterocycles. The van der Waals surface area contributed by atoms with E-state index in [1.807, 2.05) is 33.8 Å². The van der Waals surface area contributed by atoms with Crippen LogP contribution in [0.2, 0.25) is 0 Å². The van der Waals surface area contributed by atoms with E-state index >= 15 is 0 Å². The summed E-state index contributed by atoms with van der Waals surface area (Å²) in [5.41, 5.74) is -1.55. The highest BCUT2D eigenvalue weighted by Crippen LogP contribution is 2.70. The fraction of sp³-hybridized carbons (Fsp3) is 0.741. The molecule has 0 amide bonds. The lowest BCUT2D eigenvalue weighted by atomic mass is 9.36. The quantitative estimate of drug-likeness (QED) is 0.340. The van der Waals surface area contributed by atoms with Gasteiger partial charge in [0.15, 0.2) is 0 Å². The number of fused-ring (bicyclic) bond motifs is 2. The van der Waals surface area contributed by atoms with Gasteiger partial charge in [-0.2, -0.15) is 0 Å². The van der Waals surface area contributed by atoms with E-state index in [1.54, 1.807) is 0 Å². The molecular weight excluding hydrogens is 452 g/mol. The van der Waals surface area contributed by atoms with Crippen molar-refractivity contribution in [1.29, 1.82) is 0 Å². The number of carbonyl (C=O) groups excluding carboxylic acids is 5. The zero-order valence-electron chi connectivity index (χ0n) is 21.1. The van der Waals surface area contributed by atoms with Crippen molar-refractivity contribution < 1.29 is 38.2 Å². The summed E-state index contributed by atoms with van der Waals surface area (Å²) in [5, 5.41) is 0. The van der Waals surface area contributed by atoms with E-state index in [0.29, 0.717) is 12.8 Å². The van der Waals surface area contributed by atoms with Crippen LogP contribution in [-0.4, -0.2) is 48.3 Å². The molecule has 5 aliphatic rings. The lowest BCUT2D eigenvalue weighted by molar-refractivity contribution is -0.266. The van der Waals surface area contributed by atoms with E-state index in [4.69, 9.17) is 14.2 Å². The minimum absolute atomic E-state index is 0.00958. The van der Waals surface area contributed by atoms with Gasteiger partial charge in [0.2, 0.25) is 0 Å². The molecule has 190 valence electrons. The summed E-state index contributed by atoms with van der Waals surface area (Å²) in [6, 6.07) is 0. The summed E-state index contributed by atoms with van der Waals surface area (Å²) in [4.78, 5) is 64.7. The number of Topliss-reactive ketones (excluding diaryl/α,β-unsaturated/α-hetero) is 2. The monoisotopic (exact) mass is 486 g/mol. The SMILES string of the molecule is CC(=O)O[C@@H]1C[C@@](C)(C(=O)[C@H]2COC(=O)C2)[C@@H]2CC(=O)O[C@@H]3C[C@@H]4C(C)=CCC(=O)[C@]4(C)[C@@H]1[C@]23C. The van der Waals surface area contributed by atoms with Crippen molar-refractivity contribution in [3.05, 3.63) is 11.6 Å². The standard InChI is InChI=1S/C27H34O8/c1-13-6-7-19(29)26(4)16(13)9-20-27(5)18(10-22(31)35-20)25(3,11-17(23(26)27)34-14(2)28)24(32)15-8-21(30)33-12-15/h6,15-18,20,23H,7-12H2,1-5H3/t15-,16-,17-,18+,20-,23-,25-,26-,27-/m1/s1. The topological polar surface area (TPSA) is 113 Å². The smallest absolute Gasteiger partial charge is 0.306 e. The lowest BCUT2D eigenvalue weighted by Crippen LogP contribution is -2.73. The van der Waals surface area contributed by atoms with Gasteiger partial charge in [0.25, 0.3) is 0 Å². The van der Waals surface area contributed by atoms with Crippen LogP contribution in [0.15, 0.2) is 11.6 Å². The van der Waals surface area contributed by atoms with Gasteiger partial charge < -0.3 is 14.2 Å². The number of rotatable bonds is 3. The van der Waals surface area contributed by atoms with Crippen molar-refractivity contribution in [2.75, 3.05) is 6.61 Å². The molecule has 8 nitrogen and oxygen atoms in total. The van der Waals surface area contributed by atoms with E-state index in [1.165, 1.54) is 6.92 Å². The summed E-state index contributed by atoms with van der Waals surface area (Å²) in [7, 11) is 0. The van der Waals surface area contributed by atoms with Gasteiger partial charge in [-0.1, -0.05) is 32.4 Å². The highest BCUT2D eigenvalue weighted by molar-refractivity contribution is 5.93. The average Bonchev–Trinajstić information content (AvgIpc) is 3.20. The molecule has 2 saturated carbocycles. The van der Waals surface area contributed by atoms with Crippen molar-refractivity contribution in [1.82, 2.24) is 0 Å². The first kappa shape index (κ1) is 24.2. The lowest BCUT2D eigenvalue weighted by Gasteiger charge is -2.69. The van der Waals surface area contributed by atoms with Crippen LogP contribution in [0.1, 0.15) is 66.7 Å². The van der Waals surface area contributed by atoms with Crippen LogP contribution in [-0.2, 0) is 38.2 Å². The largest absolute Gasteiger partial charge is 0.465 e. The molecule has 0 spiro atoms. The van der Waals surface area contributed by atoms with Crippen LogP contribution < -0.4 is 0 Å². The molecule has 0 N–H and O–H groups in total. The minimum atomic E-state index is -1.05. The summed E-state index contributed by atoms with van der Waals surface area (Å²) in [5.74, 6) is -2.87. The Morgan fingerprint density at radius 1 is 1.09 bits per heavy atom. The number of hydrogen-bond donors (Lipinski definition) is 0. The second-order valence-corrected chi connectivity index (χ2v) is 11.9. The fourth-order valence-electron chi connectivity index (χ4n) is 8.75. The van der Waals surface area contributed by atoms with Gasteiger partial charge in [-0.25, -0.2) is 0 Å². The molecule has 0 aromatic heterocycles. The van der Waals surface area contributed by atoms with Crippen LogP contribution in [0, 0.1) is 39.9 Å². The number of allylic oxidation sites excluding steroid dienone is 2. The molecule has 8 heteroatoms. The Hall–Kier alpha value is -2.51. The van der Waals surface area contributed by atoms with E-state index in [0.717, 1.165) is 5.57 Å². The van der Waals surface area contributed by atoms with Crippen molar-refractivity contribution in [2.24, 2.45) is 39.9 Å². The van der Waals surface area contributed by atoms with Crippen molar-refractivity contribution in [2.45, 2.75) is 78.9 Å².